The SMILES string of the molecule is CCCCCCCCCC/C=C/C/C=C/CCCCCCCCCC(=O)OC(COCCC(C(=O)[O-])[N+](C)(C)C)COC(=O)CCCCCCCCCCCCCC. The number of quaternary nitrogens is 1. The van der Waals surface area contributed by atoms with E-state index in [0.717, 1.165) is 51.4 Å². The van der Waals surface area contributed by atoms with Crippen molar-refractivity contribution in [2.75, 3.05) is 41.0 Å². The highest BCUT2D eigenvalue weighted by Crippen LogP contribution is 2.15. The van der Waals surface area contributed by atoms with Crippen molar-refractivity contribution in [1.82, 2.24) is 0 Å². The second-order valence-corrected chi connectivity index (χ2v) is 17.7. The van der Waals surface area contributed by atoms with Crippen LogP contribution < -0.4 is 5.11 Å². The number of carbonyl (C=O) groups excluding carboxylic acids is 3. The molecule has 0 aliphatic rings. The van der Waals surface area contributed by atoms with Crippen LogP contribution in [0.15, 0.2) is 24.3 Å². The molecule has 340 valence electrons. The lowest BCUT2D eigenvalue weighted by molar-refractivity contribution is -0.889. The number of hydrogen-bond acceptors (Lipinski definition) is 7. The fourth-order valence-corrected chi connectivity index (χ4v) is 7.28. The number of likely N-dealkylation sites (N-methyl/N-ethyl adjacent to an activating group) is 1. The molecule has 0 aliphatic carbocycles. The molecule has 0 saturated carbocycles. The topological polar surface area (TPSA) is 102 Å². The van der Waals surface area contributed by atoms with E-state index in [1.807, 2.05) is 0 Å². The van der Waals surface area contributed by atoms with Crippen LogP contribution in [-0.4, -0.2) is 75.5 Å². The number of carboxylic acids is 1. The Kier molecular flexibility index (Phi) is 40.0. The minimum atomic E-state index is -1.12. The number of unbranched alkanes of at least 4 members (excludes halogenated alkanes) is 26. The molecule has 0 spiro atoms. The summed E-state index contributed by atoms with van der Waals surface area (Å²) in [6.45, 7) is 4.67. The van der Waals surface area contributed by atoms with Crippen LogP contribution >= 0.6 is 0 Å². The van der Waals surface area contributed by atoms with E-state index in [1.165, 1.54) is 141 Å². The number of esters is 2. The number of aliphatic carboxylic acids is 1. The van der Waals surface area contributed by atoms with Gasteiger partial charge < -0.3 is 28.6 Å². The van der Waals surface area contributed by atoms with Crippen molar-refractivity contribution >= 4 is 17.9 Å². The van der Waals surface area contributed by atoms with Crippen LogP contribution in [-0.2, 0) is 28.6 Å². The zero-order valence-corrected chi connectivity index (χ0v) is 38.7. The molecule has 0 heterocycles. The number of carbonyl (C=O) groups is 3. The smallest absolute Gasteiger partial charge is 0.306 e. The molecule has 0 amide bonds. The van der Waals surface area contributed by atoms with Crippen molar-refractivity contribution in [3.63, 3.8) is 0 Å². The highest BCUT2D eigenvalue weighted by Gasteiger charge is 2.25. The van der Waals surface area contributed by atoms with Gasteiger partial charge in [-0.05, 0) is 44.9 Å². The van der Waals surface area contributed by atoms with E-state index in [1.54, 1.807) is 21.1 Å². The number of hydrogen-bond donors (Lipinski definition) is 0. The molecule has 0 saturated heterocycles. The molecule has 8 nitrogen and oxygen atoms in total. The second kappa shape index (κ2) is 41.5. The first kappa shape index (κ1) is 55.8. The lowest BCUT2D eigenvalue weighted by atomic mass is 10.0. The highest BCUT2D eigenvalue weighted by molar-refractivity contribution is 5.70. The van der Waals surface area contributed by atoms with Crippen molar-refractivity contribution < 1.29 is 38.2 Å². The zero-order valence-electron chi connectivity index (χ0n) is 38.7. The summed E-state index contributed by atoms with van der Waals surface area (Å²) in [6.07, 6.45) is 46.3. The monoisotopic (exact) mass is 820 g/mol. The Morgan fingerprint density at radius 1 is 0.517 bits per heavy atom. The molecular formula is C50H93NO7. The fraction of sp³-hybridized carbons (Fsp3) is 0.860. The molecule has 0 N–H and O–H groups in total. The van der Waals surface area contributed by atoms with Gasteiger partial charge in [0.05, 0.1) is 40.3 Å². The van der Waals surface area contributed by atoms with E-state index in [2.05, 4.69) is 38.2 Å². The maximum atomic E-state index is 12.7. The Labute approximate surface area is 358 Å². The second-order valence-electron chi connectivity index (χ2n) is 17.7. The van der Waals surface area contributed by atoms with Crippen molar-refractivity contribution in [1.29, 1.82) is 0 Å². The first-order valence-corrected chi connectivity index (χ1v) is 24.4. The number of nitrogens with zero attached hydrogens (tertiary/aromatic N) is 1. The summed E-state index contributed by atoms with van der Waals surface area (Å²) < 4.78 is 17.2. The van der Waals surface area contributed by atoms with Crippen LogP contribution in [0.4, 0.5) is 0 Å². The first-order valence-electron chi connectivity index (χ1n) is 24.4. The van der Waals surface area contributed by atoms with Gasteiger partial charge in [-0.1, -0.05) is 186 Å². The predicted molar refractivity (Wildman–Crippen MR) is 240 cm³/mol. The van der Waals surface area contributed by atoms with Crippen molar-refractivity contribution in [3.05, 3.63) is 24.3 Å². The van der Waals surface area contributed by atoms with E-state index in [-0.39, 0.29) is 42.7 Å². The van der Waals surface area contributed by atoms with Crippen molar-refractivity contribution in [3.8, 4) is 0 Å². The van der Waals surface area contributed by atoms with Gasteiger partial charge in [0, 0.05) is 19.3 Å². The third kappa shape index (κ3) is 39.3. The lowest BCUT2D eigenvalue weighted by Crippen LogP contribution is -2.55. The third-order valence-corrected chi connectivity index (χ3v) is 11.1. The van der Waals surface area contributed by atoms with Gasteiger partial charge in [-0.25, -0.2) is 0 Å². The Balaban J connectivity index is 4.24. The van der Waals surface area contributed by atoms with E-state index >= 15 is 0 Å². The van der Waals surface area contributed by atoms with Crippen LogP contribution in [0.25, 0.3) is 0 Å². The molecule has 58 heavy (non-hydrogen) atoms. The van der Waals surface area contributed by atoms with Gasteiger partial charge in [0.1, 0.15) is 12.6 Å². The third-order valence-electron chi connectivity index (χ3n) is 11.1. The Hall–Kier alpha value is -2.19. The van der Waals surface area contributed by atoms with Gasteiger partial charge in [-0.15, -0.1) is 0 Å². The van der Waals surface area contributed by atoms with Gasteiger partial charge in [-0.3, -0.25) is 9.59 Å². The van der Waals surface area contributed by atoms with Crippen molar-refractivity contribution in [2.45, 2.75) is 238 Å². The van der Waals surface area contributed by atoms with E-state index in [9.17, 15) is 19.5 Å². The maximum Gasteiger partial charge on any atom is 0.306 e. The molecule has 0 aromatic rings. The van der Waals surface area contributed by atoms with E-state index < -0.39 is 18.1 Å². The summed E-state index contributed by atoms with van der Waals surface area (Å²) in [5.41, 5.74) is 0. The molecule has 2 unspecified atom stereocenters. The summed E-state index contributed by atoms with van der Waals surface area (Å²) in [5.74, 6) is -1.73. The minimum Gasteiger partial charge on any atom is -0.544 e. The zero-order chi connectivity index (χ0) is 42.8. The maximum absolute atomic E-state index is 12.7. The lowest BCUT2D eigenvalue weighted by Gasteiger charge is -2.34. The van der Waals surface area contributed by atoms with Gasteiger partial charge in [-0.2, -0.15) is 0 Å². The number of allylic oxidation sites excluding steroid dienone is 4. The van der Waals surface area contributed by atoms with Crippen LogP contribution in [0, 0.1) is 0 Å². The number of carboxylic acid groups (broad SMARTS) is 1. The standard InChI is InChI=1S/C50H93NO7/c1-6-8-10-12-14-16-18-20-21-22-23-24-25-26-27-28-29-31-33-35-37-39-41-49(53)58-46(44-56-43-42-47(50(54)55)51(3,4)5)45-57-48(52)40-38-36-34-32-30-19-17-15-13-11-9-7-2/h22-23,25-26,46-47H,6-21,24,27-45H2,1-5H3/b23-22+,26-25+. The average Bonchev–Trinajstić information content (AvgIpc) is 3.18. The summed E-state index contributed by atoms with van der Waals surface area (Å²) in [5, 5.41) is 11.6. The van der Waals surface area contributed by atoms with Gasteiger partial charge in [0.25, 0.3) is 0 Å². The summed E-state index contributed by atoms with van der Waals surface area (Å²) in [6, 6.07) is -0.724. The van der Waals surface area contributed by atoms with Crippen LogP contribution in [0.2, 0.25) is 0 Å². The van der Waals surface area contributed by atoms with Crippen LogP contribution in [0.5, 0.6) is 0 Å². The predicted octanol–water partition coefficient (Wildman–Crippen LogP) is 12.3. The largest absolute Gasteiger partial charge is 0.544 e. The summed E-state index contributed by atoms with van der Waals surface area (Å²) >= 11 is 0. The Bertz CT molecular complexity index is 1000. The molecule has 0 fully saturated rings. The van der Waals surface area contributed by atoms with Gasteiger partial charge >= 0.3 is 11.9 Å². The average molecular weight is 820 g/mol. The molecular weight excluding hydrogens is 727 g/mol. The number of rotatable bonds is 44. The fourth-order valence-electron chi connectivity index (χ4n) is 7.28. The van der Waals surface area contributed by atoms with Crippen LogP contribution in [0.1, 0.15) is 226 Å². The van der Waals surface area contributed by atoms with E-state index in [0.29, 0.717) is 12.8 Å². The normalized spacial score (nSPS) is 13.1. The molecule has 0 bridgehead atoms. The first-order chi connectivity index (χ1) is 28.1. The summed E-state index contributed by atoms with van der Waals surface area (Å²) in [4.78, 5) is 36.9. The molecule has 0 rings (SSSR count). The Morgan fingerprint density at radius 3 is 1.33 bits per heavy atom. The molecule has 0 aromatic heterocycles. The molecule has 8 heteroatoms. The van der Waals surface area contributed by atoms with Gasteiger partial charge in [0.15, 0.2) is 6.10 Å². The van der Waals surface area contributed by atoms with Crippen LogP contribution in [0.3, 0.4) is 0 Å². The molecule has 0 aromatic carbocycles. The summed E-state index contributed by atoms with van der Waals surface area (Å²) in [7, 11) is 5.41. The molecule has 2 atom stereocenters. The number of ether oxygens (including phenoxy) is 3. The van der Waals surface area contributed by atoms with Gasteiger partial charge in [0.2, 0.25) is 0 Å². The molecule has 0 radical (unpaired) electrons. The van der Waals surface area contributed by atoms with Crippen molar-refractivity contribution in [2.24, 2.45) is 0 Å². The molecule has 0 aliphatic heterocycles. The minimum absolute atomic E-state index is 0.0414. The Morgan fingerprint density at radius 2 is 0.914 bits per heavy atom. The highest BCUT2D eigenvalue weighted by atomic mass is 16.6. The quantitative estimate of drug-likeness (QED) is 0.0261. The van der Waals surface area contributed by atoms with E-state index in [4.69, 9.17) is 14.2 Å².